The lowest BCUT2D eigenvalue weighted by Crippen LogP contribution is -2.22. The van der Waals surface area contributed by atoms with Gasteiger partial charge in [-0.15, -0.1) is 0 Å². The first-order chi connectivity index (χ1) is 14.1. The SMILES string of the molecule is Cc1nc(N[C@H](C)c2cccc(C(F)F)c2F)c2cc(C(=O)N(C)C)c(Cl)nc2n1. The van der Waals surface area contributed by atoms with Gasteiger partial charge in [-0.1, -0.05) is 29.8 Å². The van der Waals surface area contributed by atoms with Gasteiger partial charge in [0.1, 0.15) is 22.6 Å². The number of alkyl halides is 2. The number of aromatic nitrogens is 3. The van der Waals surface area contributed by atoms with E-state index in [0.29, 0.717) is 11.2 Å². The molecule has 0 unspecified atom stereocenters. The fourth-order valence-electron chi connectivity index (χ4n) is 3.00. The number of nitrogens with one attached hydrogen (secondary N) is 1. The van der Waals surface area contributed by atoms with Gasteiger partial charge >= 0.3 is 0 Å². The molecule has 1 amide bonds. The molecule has 0 spiro atoms. The molecule has 0 saturated heterocycles. The Hall–Kier alpha value is -2.94. The summed E-state index contributed by atoms with van der Waals surface area (Å²) in [5.41, 5.74) is -0.205. The number of amides is 1. The van der Waals surface area contributed by atoms with Crippen molar-refractivity contribution in [3.63, 3.8) is 0 Å². The van der Waals surface area contributed by atoms with Crippen LogP contribution in [-0.4, -0.2) is 39.9 Å². The van der Waals surface area contributed by atoms with E-state index in [0.717, 1.165) is 6.07 Å². The summed E-state index contributed by atoms with van der Waals surface area (Å²) in [4.78, 5) is 26.5. The molecule has 2 aromatic heterocycles. The lowest BCUT2D eigenvalue weighted by atomic mass is 10.0. The van der Waals surface area contributed by atoms with Crippen LogP contribution < -0.4 is 5.32 Å². The van der Waals surface area contributed by atoms with Crippen molar-refractivity contribution in [2.45, 2.75) is 26.3 Å². The van der Waals surface area contributed by atoms with Crippen LogP contribution in [0.2, 0.25) is 5.15 Å². The minimum Gasteiger partial charge on any atom is -0.363 e. The third kappa shape index (κ3) is 4.16. The average molecular weight is 438 g/mol. The molecular formula is C20H19ClF3N5O. The summed E-state index contributed by atoms with van der Waals surface area (Å²) in [7, 11) is 3.16. The molecule has 3 aromatic rings. The number of anilines is 1. The van der Waals surface area contributed by atoms with Crippen LogP contribution in [0.5, 0.6) is 0 Å². The van der Waals surface area contributed by atoms with E-state index in [9.17, 15) is 18.0 Å². The van der Waals surface area contributed by atoms with E-state index in [1.54, 1.807) is 27.9 Å². The third-order valence-corrected chi connectivity index (χ3v) is 4.79. The number of benzene rings is 1. The number of aryl methyl sites for hydroxylation is 1. The molecule has 0 fully saturated rings. The fourth-order valence-corrected chi connectivity index (χ4v) is 3.21. The molecule has 1 atom stereocenters. The summed E-state index contributed by atoms with van der Waals surface area (Å²) >= 11 is 6.16. The highest BCUT2D eigenvalue weighted by Crippen LogP contribution is 2.31. The highest BCUT2D eigenvalue weighted by Gasteiger charge is 2.22. The van der Waals surface area contributed by atoms with E-state index in [4.69, 9.17) is 11.6 Å². The van der Waals surface area contributed by atoms with E-state index >= 15 is 0 Å². The average Bonchev–Trinajstić information content (AvgIpc) is 2.66. The zero-order valence-corrected chi connectivity index (χ0v) is 17.4. The molecular weight excluding hydrogens is 419 g/mol. The Bertz CT molecular complexity index is 1120. The van der Waals surface area contributed by atoms with Crippen molar-refractivity contribution in [3.8, 4) is 0 Å². The minimum atomic E-state index is -2.93. The minimum absolute atomic E-state index is 0.00558. The second-order valence-electron chi connectivity index (χ2n) is 6.93. The standard InChI is InChI=1S/C20H19ClF3N5O/c1-9(11-6-5-7-12(15(11)22)17(23)24)25-18-14-8-13(20(30)29(3)4)16(21)28-19(14)27-10(2)26-18/h5-9,17H,1-4H3,(H,25,26,27,28)/t9-/m1/s1. The van der Waals surface area contributed by atoms with E-state index in [2.05, 4.69) is 20.3 Å². The summed E-state index contributed by atoms with van der Waals surface area (Å²) in [5, 5.41) is 3.41. The normalized spacial score (nSPS) is 12.3. The van der Waals surface area contributed by atoms with Gasteiger partial charge in [0.2, 0.25) is 0 Å². The predicted octanol–water partition coefficient (Wildman–Crippen LogP) is 4.94. The Morgan fingerprint density at radius 2 is 1.83 bits per heavy atom. The molecule has 1 N–H and O–H groups in total. The number of carbonyl (C=O) groups excluding carboxylic acids is 1. The zero-order chi connectivity index (χ0) is 22.2. The van der Waals surface area contributed by atoms with Crippen molar-refractivity contribution in [1.29, 1.82) is 0 Å². The number of hydrogen-bond donors (Lipinski definition) is 1. The molecule has 158 valence electrons. The Morgan fingerprint density at radius 1 is 1.17 bits per heavy atom. The molecule has 0 aliphatic carbocycles. The van der Waals surface area contributed by atoms with Gasteiger partial charge in [0, 0.05) is 19.7 Å². The van der Waals surface area contributed by atoms with Crippen LogP contribution in [-0.2, 0) is 0 Å². The molecule has 3 rings (SSSR count). The first kappa shape index (κ1) is 21.8. The number of pyridine rings is 1. The quantitative estimate of drug-likeness (QED) is 0.572. The molecule has 0 aliphatic rings. The monoisotopic (exact) mass is 437 g/mol. The van der Waals surface area contributed by atoms with Gasteiger partial charge in [0.25, 0.3) is 12.3 Å². The number of halogens is 4. The van der Waals surface area contributed by atoms with Gasteiger partial charge in [0.05, 0.1) is 22.6 Å². The molecule has 30 heavy (non-hydrogen) atoms. The van der Waals surface area contributed by atoms with Crippen molar-refractivity contribution in [2.75, 3.05) is 19.4 Å². The van der Waals surface area contributed by atoms with Crippen LogP contribution in [0.4, 0.5) is 19.0 Å². The molecule has 0 saturated carbocycles. The second kappa shape index (κ2) is 8.43. The summed E-state index contributed by atoms with van der Waals surface area (Å²) in [6.07, 6.45) is -2.93. The largest absolute Gasteiger partial charge is 0.363 e. The van der Waals surface area contributed by atoms with E-state index in [-0.39, 0.29) is 33.7 Å². The Labute approximate surface area is 176 Å². The van der Waals surface area contributed by atoms with E-state index < -0.39 is 23.8 Å². The van der Waals surface area contributed by atoms with Crippen LogP contribution in [0.25, 0.3) is 11.0 Å². The number of carbonyl (C=O) groups is 1. The molecule has 0 aliphatic heterocycles. The molecule has 0 bridgehead atoms. The molecule has 6 nitrogen and oxygen atoms in total. The summed E-state index contributed by atoms with van der Waals surface area (Å²) in [5.74, 6) is -0.685. The van der Waals surface area contributed by atoms with Crippen molar-refractivity contribution in [3.05, 3.63) is 57.8 Å². The Morgan fingerprint density at radius 3 is 2.47 bits per heavy atom. The van der Waals surface area contributed by atoms with Crippen LogP contribution in [0.1, 0.15) is 46.7 Å². The van der Waals surface area contributed by atoms with E-state index in [1.807, 2.05) is 0 Å². The maximum atomic E-state index is 14.5. The van der Waals surface area contributed by atoms with Crippen molar-refractivity contribution in [1.82, 2.24) is 19.9 Å². The topological polar surface area (TPSA) is 71.0 Å². The first-order valence-electron chi connectivity index (χ1n) is 8.99. The molecule has 2 heterocycles. The molecule has 1 aromatic carbocycles. The number of fused-ring (bicyclic) bond motifs is 1. The fraction of sp³-hybridized carbons (Fsp3) is 0.300. The lowest BCUT2D eigenvalue weighted by molar-refractivity contribution is 0.0827. The number of rotatable bonds is 5. The second-order valence-corrected chi connectivity index (χ2v) is 7.29. The molecule has 0 radical (unpaired) electrons. The summed E-state index contributed by atoms with van der Waals surface area (Å²) in [6.45, 7) is 3.26. The molecule has 10 heteroatoms. The van der Waals surface area contributed by atoms with Gasteiger partial charge in [0.15, 0.2) is 5.65 Å². The highest BCUT2D eigenvalue weighted by molar-refractivity contribution is 6.33. The smallest absolute Gasteiger partial charge is 0.266 e. The van der Waals surface area contributed by atoms with Crippen molar-refractivity contribution >= 4 is 34.4 Å². The van der Waals surface area contributed by atoms with Crippen LogP contribution in [0.3, 0.4) is 0 Å². The van der Waals surface area contributed by atoms with Crippen molar-refractivity contribution in [2.24, 2.45) is 0 Å². The van der Waals surface area contributed by atoms with Gasteiger partial charge in [-0.25, -0.2) is 28.1 Å². The Balaban J connectivity index is 2.08. The number of nitrogens with zero attached hydrogens (tertiary/aromatic N) is 4. The van der Waals surface area contributed by atoms with Gasteiger partial charge in [-0.3, -0.25) is 4.79 Å². The maximum absolute atomic E-state index is 14.5. The summed E-state index contributed by atoms with van der Waals surface area (Å²) < 4.78 is 40.6. The highest BCUT2D eigenvalue weighted by atomic mass is 35.5. The van der Waals surface area contributed by atoms with Crippen LogP contribution in [0, 0.1) is 12.7 Å². The zero-order valence-electron chi connectivity index (χ0n) is 16.7. The van der Waals surface area contributed by atoms with Crippen molar-refractivity contribution < 1.29 is 18.0 Å². The van der Waals surface area contributed by atoms with Gasteiger partial charge < -0.3 is 10.2 Å². The first-order valence-corrected chi connectivity index (χ1v) is 9.37. The predicted molar refractivity (Wildman–Crippen MR) is 108 cm³/mol. The van der Waals surface area contributed by atoms with Gasteiger partial charge in [-0.2, -0.15) is 0 Å². The summed E-state index contributed by atoms with van der Waals surface area (Å²) in [6, 6.07) is 4.64. The van der Waals surface area contributed by atoms with Gasteiger partial charge in [-0.05, 0) is 19.9 Å². The van der Waals surface area contributed by atoms with Crippen LogP contribution >= 0.6 is 11.6 Å². The van der Waals surface area contributed by atoms with E-state index in [1.165, 1.54) is 23.1 Å². The third-order valence-electron chi connectivity index (χ3n) is 4.50. The lowest BCUT2D eigenvalue weighted by Gasteiger charge is -2.19. The number of hydrogen-bond acceptors (Lipinski definition) is 5. The van der Waals surface area contributed by atoms with Crippen LogP contribution in [0.15, 0.2) is 24.3 Å². The maximum Gasteiger partial charge on any atom is 0.266 e. The Kier molecular flexibility index (Phi) is 6.12.